The molecule has 0 aromatic heterocycles. The summed E-state index contributed by atoms with van der Waals surface area (Å²) in [4.78, 5) is 0. The predicted molar refractivity (Wildman–Crippen MR) is 65.5 cm³/mol. The van der Waals surface area contributed by atoms with Gasteiger partial charge in [0.25, 0.3) is 0 Å². The summed E-state index contributed by atoms with van der Waals surface area (Å²) < 4.78 is 17.2. The standard InChI is InChI=1S/C14H13FO/c1-2-11-4-3-5-12-10-13(16-9-8-15)6-7-14(11)12/h2-7,10H,1,8-9H2/i15-1. The molecule has 2 rings (SSSR count). The summed E-state index contributed by atoms with van der Waals surface area (Å²) >= 11 is 0. The van der Waals surface area contributed by atoms with Gasteiger partial charge >= 0.3 is 0 Å². The van der Waals surface area contributed by atoms with Crippen LogP contribution in [0.1, 0.15) is 5.56 Å². The van der Waals surface area contributed by atoms with E-state index in [2.05, 4.69) is 6.58 Å². The number of fused-ring (bicyclic) bond motifs is 1. The lowest BCUT2D eigenvalue weighted by atomic mass is 10.0. The zero-order valence-electron chi connectivity index (χ0n) is 8.95. The molecule has 0 bridgehead atoms. The molecule has 0 heterocycles. The second-order valence-corrected chi connectivity index (χ2v) is 3.47. The summed E-state index contributed by atoms with van der Waals surface area (Å²) in [5.41, 5.74) is 1.09. The summed E-state index contributed by atoms with van der Waals surface area (Å²) in [6.45, 7) is 3.41. The number of ether oxygens (including phenoxy) is 1. The third-order valence-corrected chi connectivity index (χ3v) is 2.45. The molecule has 0 radical (unpaired) electrons. The molecule has 82 valence electrons. The Hall–Kier alpha value is -1.83. The second-order valence-electron chi connectivity index (χ2n) is 3.47. The van der Waals surface area contributed by atoms with E-state index in [1.165, 1.54) is 0 Å². The van der Waals surface area contributed by atoms with Gasteiger partial charge in [-0.05, 0) is 28.5 Å². The van der Waals surface area contributed by atoms with Crippen LogP contribution in [0.2, 0.25) is 0 Å². The van der Waals surface area contributed by atoms with Crippen LogP contribution in [-0.4, -0.2) is 13.3 Å². The highest BCUT2D eigenvalue weighted by Crippen LogP contribution is 2.24. The van der Waals surface area contributed by atoms with E-state index in [4.69, 9.17) is 4.74 Å². The molecule has 1 nitrogen and oxygen atoms in total. The van der Waals surface area contributed by atoms with Crippen LogP contribution in [0.3, 0.4) is 0 Å². The average Bonchev–Trinajstić information content (AvgIpc) is 2.35. The van der Waals surface area contributed by atoms with Gasteiger partial charge in [-0.15, -0.1) is 0 Å². The maximum Gasteiger partial charge on any atom is 0.123 e. The lowest BCUT2D eigenvalue weighted by molar-refractivity contribution is 0.273. The summed E-state index contributed by atoms with van der Waals surface area (Å²) in [5.74, 6) is 0.700. The van der Waals surface area contributed by atoms with E-state index in [0.717, 1.165) is 16.3 Å². The van der Waals surface area contributed by atoms with Gasteiger partial charge in [0.05, 0.1) is 0 Å². The molecule has 2 aromatic rings. The predicted octanol–water partition coefficient (Wildman–Crippen LogP) is 3.83. The number of alkyl halides is 1. The van der Waals surface area contributed by atoms with Crippen LogP contribution >= 0.6 is 0 Å². The topological polar surface area (TPSA) is 9.23 Å². The van der Waals surface area contributed by atoms with Crippen molar-refractivity contribution in [2.45, 2.75) is 0 Å². The summed E-state index contributed by atoms with van der Waals surface area (Å²) in [6, 6.07) is 11.7. The van der Waals surface area contributed by atoms with Crippen molar-refractivity contribution < 1.29 is 9.13 Å². The number of halogens is 1. The SMILES string of the molecule is C=Cc1cccc2cc(OCC[18F])ccc12. The molecule has 2 aromatic carbocycles. The van der Waals surface area contributed by atoms with E-state index in [1.807, 2.05) is 42.5 Å². The van der Waals surface area contributed by atoms with Gasteiger partial charge in [-0.25, -0.2) is 4.39 Å². The van der Waals surface area contributed by atoms with Gasteiger partial charge in [0.1, 0.15) is 19.0 Å². The molecule has 2 heteroatoms. The fourth-order valence-corrected chi connectivity index (χ4v) is 1.71. The Morgan fingerprint density at radius 3 is 2.88 bits per heavy atom. The molecular weight excluding hydrogens is 202 g/mol. The zero-order chi connectivity index (χ0) is 11.4. The van der Waals surface area contributed by atoms with Crippen LogP contribution in [0.5, 0.6) is 5.75 Å². The third kappa shape index (κ3) is 2.06. The molecule has 0 spiro atoms. The highest BCUT2D eigenvalue weighted by Gasteiger charge is 2.00. The monoisotopic (exact) mass is 215 g/mol. The molecule has 0 unspecified atom stereocenters. The van der Waals surface area contributed by atoms with Crippen molar-refractivity contribution in [2.75, 3.05) is 13.3 Å². The lowest BCUT2D eigenvalue weighted by Crippen LogP contribution is -1.98. The first-order valence-corrected chi connectivity index (χ1v) is 5.19. The van der Waals surface area contributed by atoms with Crippen LogP contribution in [0.4, 0.5) is 4.39 Å². The van der Waals surface area contributed by atoms with Gasteiger partial charge in [-0.1, -0.05) is 36.9 Å². The van der Waals surface area contributed by atoms with E-state index >= 15 is 0 Å². The number of benzene rings is 2. The van der Waals surface area contributed by atoms with Gasteiger partial charge in [0, 0.05) is 0 Å². The van der Waals surface area contributed by atoms with Crippen LogP contribution in [-0.2, 0) is 0 Å². The molecule has 0 amide bonds. The summed E-state index contributed by atoms with van der Waals surface area (Å²) in [6.07, 6.45) is 1.82. The molecule has 0 fully saturated rings. The van der Waals surface area contributed by atoms with Crippen LogP contribution in [0.25, 0.3) is 16.8 Å². The Morgan fingerprint density at radius 2 is 2.12 bits per heavy atom. The van der Waals surface area contributed by atoms with Gasteiger partial charge in [-0.2, -0.15) is 0 Å². The van der Waals surface area contributed by atoms with Crippen molar-refractivity contribution in [3.63, 3.8) is 0 Å². The minimum absolute atomic E-state index is 0.104. The second kappa shape index (κ2) is 4.79. The van der Waals surface area contributed by atoms with Crippen molar-refractivity contribution in [3.8, 4) is 5.75 Å². The smallest absolute Gasteiger partial charge is 0.123 e. The quantitative estimate of drug-likeness (QED) is 0.753. The molecule has 0 saturated heterocycles. The first-order valence-electron chi connectivity index (χ1n) is 5.19. The lowest BCUT2D eigenvalue weighted by Gasteiger charge is -2.06. The maximum atomic E-state index is 12.0. The van der Waals surface area contributed by atoms with Gasteiger partial charge in [-0.3, -0.25) is 0 Å². The van der Waals surface area contributed by atoms with Crippen molar-refractivity contribution >= 4 is 16.8 Å². The van der Waals surface area contributed by atoms with Gasteiger partial charge in [0.2, 0.25) is 0 Å². The van der Waals surface area contributed by atoms with Crippen molar-refractivity contribution in [1.29, 1.82) is 0 Å². The minimum atomic E-state index is -0.468. The van der Waals surface area contributed by atoms with E-state index in [-0.39, 0.29) is 6.61 Å². The Labute approximate surface area is 94.2 Å². The van der Waals surface area contributed by atoms with Crippen molar-refractivity contribution in [1.82, 2.24) is 0 Å². The number of rotatable bonds is 4. The Bertz CT molecular complexity index is 505. The van der Waals surface area contributed by atoms with Gasteiger partial charge in [0.15, 0.2) is 0 Å². The molecule has 0 aliphatic carbocycles. The largest absolute Gasteiger partial charge is 0.491 e. The van der Waals surface area contributed by atoms with Crippen LogP contribution < -0.4 is 4.74 Å². The Kier molecular flexibility index (Phi) is 3.20. The highest BCUT2D eigenvalue weighted by atomic mass is 18.2. The molecule has 0 saturated carbocycles. The van der Waals surface area contributed by atoms with Crippen molar-refractivity contribution in [3.05, 3.63) is 48.5 Å². The van der Waals surface area contributed by atoms with Crippen LogP contribution in [0.15, 0.2) is 43.0 Å². The molecule has 0 aliphatic heterocycles. The number of hydrogen-bond acceptors (Lipinski definition) is 1. The Balaban J connectivity index is 2.43. The number of hydrogen-bond donors (Lipinski definition) is 0. The molecule has 16 heavy (non-hydrogen) atoms. The Morgan fingerprint density at radius 1 is 1.25 bits per heavy atom. The molecule has 0 atom stereocenters. The normalized spacial score (nSPS) is 10.3. The van der Waals surface area contributed by atoms with Crippen LogP contribution in [0, 0.1) is 0 Å². The first kappa shape index (κ1) is 10.7. The minimum Gasteiger partial charge on any atom is -0.491 e. The fraction of sp³-hybridized carbons (Fsp3) is 0.143. The summed E-state index contributed by atoms with van der Waals surface area (Å²) in [5, 5.41) is 2.21. The highest BCUT2D eigenvalue weighted by molar-refractivity contribution is 5.91. The zero-order valence-corrected chi connectivity index (χ0v) is 8.95. The maximum absolute atomic E-state index is 12.0. The molecule has 0 N–H and O–H groups in total. The molecule has 0 aliphatic rings. The fourth-order valence-electron chi connectivity index (χ4n) is 1.71. The summed E-state index contributed by atoms with van der Waals surface area (Å²) in [7, 11) is 0. The van der Waals surface area contributed by atoms with Gasteiger partial charge < -0.3 is 4.74 Å². The third-order valence-electron chi connectivity index (χ3n) is 2.45. The first-order chi connectivity index (χ1) is 7.85. The van der Waals surface area contributed by atoms with E-state index in [1.54, 1.807) is 0 Å². The average molecular weight is 215 g/mol. The van der Waals surface area contributed by atoms with Crippen molar-refractivity contribution in [2.24, 2.45) is 0 Å². The van der Waals surface area contributed by atoms with E-state index in [0.29, 0.717) is 5.75 Å². The van der Waals surface area contributed by atoms with E-state index < -0.39 is 6.67 Å². The molecular formula is C14H13FO. The van der Waals surface area contributed by atoms with E-state index in [9.17, 15) is 4.39 Å².